The van der Waals surface area contributed by atoms with Crippen LogP contribution in [-0.2, 0) is 14.3 Å². The molecule has 1 amide bonds. The molecule has 0 radical (unpaired) electrons. The molecule has 0 fully saturated rings. The summed E-state index contributed by atoms with van der Waals surface area (Å²) in [5, 5.41) is 2.51. The molecule has 0 aliphatic rings. The number of rotatable bonds is 8. The minimum atomic E-state index is -0.679. The first-order valence-electron chi connectivity index (χ1n) is 6.52. The van der Waals surface area contributed by atoms with Gasteiger partial charge >= 0.3 is 12.1 Å². The van der Waals surface area contributed by atoms with E-state index in [0.717, 1.165) is 0 Å². The summed E-state index contributed by atoms with van der Waals surface area (Å²) in [5.41, 5.74) is 0. The number of hydrogen-bond acceptors (Lipinski definition) is 4. The lowest BCUT2D eigenvalue weighted by Gasteiger charge is -2.19. The number of ether oxygens (including phenoxy) is 2. The first kappa shape index (κ1) is 18.0. The van der Waals surface area contributed by atoms with E-state index < -0.39 is 18.1 Å². The molecule has 19 heavy (non-hydrogen) atoms. The molecule has 0 heterocycles. The fraction of sp³-hybridized carbons (Fsp3) is 0.846. The number of esters is 1. The third-order valence-electron chi connectivity index (χ3n) is 2.15. The van der Waals surface area contributed by atoms with Gasteiger partial charge in [0.1, 0.15) is 12.6 Å². The molecule has 6 heteroatoms. The van der Waals surface area contributed by atoms with Gasteiger partial charge in [-0.05, 0) is 18.3 Å². The Bertz CT molecular complexity index is 282. The molecule has 5 nitrogen and oxygen atoms in total. The summed E-state index contributed by atoms with van der Waals surface area (Å²) in [4.78, 5) is 23.3. The number of alkyl halides is 1. The van der Waals surface area contributed by atoms with Crippen molar-refractivity contribution in [3.63, 3.8) is 0 Å². The zero-order chi connectivity index (χ0) is 14.8. The van der Waals surface area contributed by atoms with Gasteiger partial charge in [0.25, 0.3) is 0 Å². The van der Waals surface area contributed by atoms with Crippen molar-refractivity contribution in [1.29, 1.82) is 0 Å². The van der Waals surface area contributed by atoms with E-state index in [0.29, 0.717) is 13.0 Å². The Morgan fingerprint density at radius 1 is 1.11 bits per heavy atom. The number of nitrogens with one attached hydrogen (secondary N) is 1. The molecule has 0 aliphatic heterocycles. The summed E-state index contributed by atoms with van der Waals surface area (Å²) >= 11 is 5.42. The van der Waals surface area contributed by atoms with Gasteiger partial charge in [-0.1, -0.05) is 27.7 Å². The Morgan fingerprint density at radius 2 is 1.74 bits per heavy atom. The highest BCUT2D eigenvalue weighted by atomic mass is 35.5. The SMILES string of the molecule is CC(C)COC(=O)C(CC(C)C)NC(=O)OCCCl. The van der Waals surface area contributed by atoms with Crippen molar-refractivity contribution < 1.29 is 19.1 Å². The zero-order valence-corrected chi connectivity index (χ0v) is 12.8. The second-order valence-corrected chi connectivity index (χ2v) is 5.55. The Kier molecular flexibility index (Phi) is 9.39. The van der Waals surface area contributed by atoms with Crippen molar-refractivity contribution in [3.8, 4) is 0 Å². The van der Waals surface area contributed by atoms with Crippen LogP contribution in [0.2, 0.25) is 0 Å². The molecule has 112 valence electrons. The van der Waals surface area contributed by atoms with E-state index in [1.165, 1.54) is 0 Å². The Labute approximate surface area is 120 Å². The Hall–Kier alpha value is -0.970. The first-order chi connectivity index (χ1) is 8.86. The molecule has 0 spiro atoms. The van der Waals surface area contributed by atoms with Crippen molar-refractivity contribution in [3.05, 3.63) is 0 Å². The molecule has 1 N–H and O–H groups in total. The van der Waals surface area contributed by atoms with Gasteiger partial charge in [0, 0.05) is 0 Å². The molecular formula is C13H24ClNO4. The molecule has 0 aromatic carbocycles. The highest BCUT2D eigenvalue weighted by Crippen LogP contribution is 2.08. The van der Waals surface area contributed by atoms with E-state index in [9.17, 15) is 9.59 Å². The monoisotopic (exact) mass is 293 g/mol. The van der Waals surface area contributed by atoms with Gasteiger partial charge < -0.3 is 14.8 Å². The number of hydrogen-bond donors (Lipinski definition) is 1. The maximum Gasteiger partial charge on any atom is 0.407 e. The van der Waals surface area contributed by atoms with Crippen molar-refractivity contribution in [2.45, 2.75) is 40.2 Å². The molecule has 0 bridgehead atoms. The average Bonchev–Trinajstić information content (AvgIpc) is 2.31. The molecule has 0 aromatic heterocycles. The lowest BCUT2D eigenvalue weighted by molar-refractivity contribution is -0.147. The zero-order valence-electron chi connectivity index (χ0n) is 12.1. The van der Waals surface area contributed by atoms with Crippen LogP contribution in [0.4, 0.5) is 4.79 Å². The largest absolute Gasteiger partial charge is 0.464 e. The average molecular weight is 294 g/mol. The van der Waals surface area contributed by atoms with E-state index in [1.807, 2.05) is 27.7 Å². The molecule has 0 saturated heterocycles. The molecule has 0 aromatic rings. The van der Waals surface area contributed by atoms with Crippen LogP contribution in [0, 0.1) is 11.8 Å². The summed E-state index contributed by atoms with van der Waals surface area (Å²) < 4.78 is 9.93. The molecule has 1 unspecified atom stereocenters. The highest BCUT2D eigenvalue weighted by Gasteiger charge is 2.24. The third-order valence-corrected chi connectivity index (χ3v) is 2.31. The molecular weight excluding hydrogens is 270 g/mol. The molecule has 0 aliphatic carbocycles. The predicted octanol–water partition coefficient (Wildman–Crippen LogP) is 2.57. The van der Waals surface area contributed by atoms with Gasteiger partial charge in [0.2, 0.25) is 0 Å². The second-order valence-electron chi connectivity index (χ2n) is 5.18. The fourth-order valence-corrected chi connectivity index (χ4v) is 1.43. The van der Waals surface area contributed by atoms with Gasteiger partial charge in [-0.2, -0.15) is 0 Å². The summed E-state index contributed by atoms with van der Waals surface area (Å²) in [6.07, 6.45) is -0.139. The van der Waals surface area contributed by atoms with Crippen molar-refractivity contribution in [1.82, 2.24) is 5.32 Å². The second kappa shape index (κ2) is 9.89. The van der Waals surface area contributed by atoms with E-state index >= 15 is 0 Å². The molecule has 1 atom stereocenters. The summed E-state index contributed by atoms with van der Waals surface area (Å²) in [7, 11) is 0. The maximum atomic E-state index is 11.9. The topological polar surface area (TPSA) is 64.6 Å². The first-order valence-corrected chi connectivity index (χ1v) is 7.06. The fourth-order valence-electron chi connectivity index (χ4n) is 1.35. The van der Waals surface area contributed by atoms with Gasteiger partial charge in [-0.15, -0.1) is 11.6 Å². The number of carbonyl (C=O) groups excluding carboxylic acids is 2. The van der Waals surface area contributed by atoms with Crippen LogP contribution in [0.1, 0.15) is 34.1 Å². The van der Waals surface area contributed by atoms with Crippen LogP contribution in [-0.4, -0.2) is 37.2 Å². The Balaban J connectivity index is 4.36. The van der Waals surface area contributed by atoms with E-state index in [1.54, 1.807) is 0 Å². The Morgan fingerprint density at radius 3 is 2.21 bits per heavy atom. The summed E-state index contributed by atoms with van der Waals surface area (Å²) in [5.74, 6) is 0.307. The van der Waals surface area contributed by atoms with Crippen LogP contribution < -0.4 is 5.32 Å². The van der Waals surface area contributed by atoms with Crippen LogP contribution >= 0.6 is 11.6 Å². The number of amides is 1. The van der Waals surface area contributed by atoms with Gasteiger partial charge in [0.15, 0.2) is 0 Å². The minimum Gasteiger partial charge on any atom is -0.464 e. The number of carbonyl (C=O) groups is 2. The normalized spacial score (nSPS) is 12.4. The van der Waals surface area contributed by atoms with Crippen LogP contribution in [0.15, 0.2) is 0 Å². The maximum absolute atomic E-state index is 11.9. The minimum absolute atomic E-state index is 0.114. The van der Waals surface area contributed by atoms with Crippen molar-refractivity contribution >= 4 is 23.7 Å². The van der Waals surface area contributed by atoms with E-state index in [2.05, 4.69) is 5.32 Å². The lowest BCUT2D eigenvalue weighted by atomic mass is 10.0. The quantitative estimate of drug-likeness (QED) is 0.552. The van der Waals surface area contributed by atoms with Gasteiger partial charge in [0.05, 0.1) is 12.5 Å². The third kappa shape index (κ3) is 9.59. The van der Waals surface area contributed by atoms with Crippen molar-refractivity contribution in [2.24, 2.45) is 11.8 Å². The standard InChI is InChI=1S/C13H24ClNO4/c1-9(2)7-11(12(16)19-8-10(3)4)15-13(17)18-6-5-14/h9-11H,5-8H2,1-4H3,(H,15,17). The highest BCUT2D eigenvalue weighted by molar-refractivity contribution is 6.18. The van der Waals surface area contributed by atoms with Crippen molar-refractivity contribution in [2.75, 3.05) is 19.1 Å². The lowest BCUT2D eigenvalue weighted by Crippen LogP contribution is -2.43. The van der Waals surface area contributed by atoms with Crippen LogP contribution in [0.25, 0.3) is 0 Å². The predicted molar refractivity (Wildman–Crippen MR) is 74.2 cm³/mol. The summed E-state index contributed by atoms with van der Waals surface area (Å²) in [6, 6.07) is -0.679. The summed E-state index contributed by atoms with van der Waals surface area (Å²) in [6.45, 7) is 8.29. The van der Waals surface area contributed by atoms with Gasteiger partial charge in [-0.3, -0.25) is 0 Å². The van der Waals surface area contributed by atoms with E-state index in [4.69, 9.17) is 21.1 Å². The number of alkyl carbamates (subject to hydrolysis) is 1. The van der Waals surface area contributed by atoms with Crippen LogP contribution in [0.3, 0.4) is 0 Å². The number of halogens is 1. The smallest absolute Gasteiger partial charge is 0.407 e. The molecule has 0 saturated carbocycles. The molecule has 0 rings (SSSR count). The van der Waals surface area contributed by atoms with E-state index in [-0.39, 0.29) is 24.3 Å². The van der Waals surface area contributed by atoms with Gasteiger partial charge in [-0.25, -0.2) is 9.59 Å². The van der Waals surface area contributed by atoms with Crippen LogP contribution in [0.5, 0.6) is 0 Å².